The van der Waals surface area contributed by atoms with Gasteiger partial charge < -0.3 is 9.80 Å². The van der Waals surface area contributed by atoms with Gasteiger partial charge in [0.05, 0.1) is 5.69 Å². The van der Waals surface area contributed by atoms with Crippen molar-refractivity contribution in [3.05, 3.63) is 47.5 Å². The third-order valence-electron chi connectivity index (χ3n) is 9.04. The first-order valence-corrected chi connectivity index (χ1v) is 13.6. The third kappa shape index (κ3) is 4.64. The molecule has 34 heavy (non-hydrogen) atoms. The Kier molecular flexibility index (Phi) is 6.50. The highest BCUT2D eigenvalue weighted by molar-refractivity contribution is 5.65. The lowest BCUT2D eigenvalue weighted by atomic mass is 9.63. The van der Waals surface area contributed by atoms with E-state index in [4.69, 9.17) is 4.98 Å². The number of fused-ring (bicyclic) bond motifs is 1. The first kappa shape index (κ1) is 23.8. The summed E-state index contributed by atoms with van der Waals surface area (Å²) >= 11 is 0. The van der Waals surface area contributed by atoms with E-state index in [0.717, 1.165) is 43.7 Å². The van der Waals surface area contributed by atoms with Crippen LogP contribution in [0.4, 0.5) is 5.82 Å². The fourth-order valence-corrected chi connectivity index (χ4v) is 6.43. The van der Waals surface area contributed by atoms with Gasteiger partial charge in [-0.2, -0.15) is 0 Å². The van der Waals surface area contributed by atoms with Crippen molar-refractivity contribution in [3.63, 3.8) is 0 Å². The Morgan fingerprint density at radius 2 is 1.50 bits per heavy atom. The average Bonchev–Trinajstić information content (AvgIpc) is 2.87. The lowest BCUT2D eigenvalue weighted by Gasteiger charge is -2.43. The van der Waals surface area contributed by atoms with Crippen LogP contribution in [0.15, 0.2) is 36.4 Å². The number of pyridine rings is 1. The molecular formula is C30H44N4. The van der Waals surface area contributed by atoms with Gasteiger partial charge in [-0.25, -0.2) is 4.98 Å². The van der Waals surface area contributed by atoms with Gasteiger partial charge in [-0.3, -0.25) is 4.90 Å². The molecule has 0 N–H and O–H groups in total. The van der Waals surface area contributed by atoms with Crippen LogP contribution in [0.5, 0.6) is 0 Å². The number of anilines is 1. The van der Waals surface area contributed by atoms with Crippen molar-refractivity contribution >= 4 is 5.82 Å². The topological polar surface area (TPSA) is 22.6 Å². The lowest BCUT2D eigenvalue weighted by molar-refractivity contribution is 0.106. The van der Waals surface area contributed by atoms with Crippen LogP contribution in [0, 0.1) is 0 Å². The average molecular weight is 461 g/mol. The molecule has 3 aliphatic rings. The largest absolute Gasteiger partial charge is 0.354 e. The van der Waals surface area contributed by atoms with E-state index in [2.05, 4.69) is 85.7 Å². The normalized spacial score (nSPS) is 23.6. The monoisotopic (exact) mass is 460 g/mol. The van der Waals surface area contributed by atoms with E-state index in [-0.39, 0.29) is 10.8 Å². The van der Waals surface area contributed by atoms with Gasteiger partial charge in [-0.1, -0.05) is 52.8 Å². The molecule has 1 aliphatic carbocycles. The summed E-state index contributed by atoms with van der Waals surface area (Å²) in [7, 11) is 0. The molecule has 2 aromatic rings. The fraction of sp³-hybridized carbons (Fsp3) is 0.633. The number of piperidine rings is 1. The first-order valence-electron chi connectivity index (χ1n) is 13.6. The van der Waals surface area contributed by atoms with Crippen LogP contribution in [0.25, 0.3) is 11.3 Å². The quantitative estimate of drug-likeness (QED) is 0.583. The lowest BCUT2D eigenvalue weighted by Crippen LogP contribution is -2.53. The van der Waals surface area contributed by atoms with Crippen molar-refractivity contribution in [3.8, 4) is 11.3 Å². The minimum absolute atomic E-state index is 0.224. The minimum atomic E-state index is 0.224. The van der Waals surface area contributed by atoms with Crippen molar-refractivity contribution in [1.82, 2.24) is 14.8 Å². The highest BCUT2D eigenvalue weighted by Crippen LogP contribution is 2.46. The van der Waals surface area contributed by atoms with Crippen LogP contribution in [0.3, 0.4) is 0 Å². The molecule has 0 spiro atoms. The fourth-order valence-electron chi connectivity index (χ4n) is 6.43. The van der Waals surface area contributed by atoms with Gasteiger partial charge in [-0.15, -0.1) is 0 Å². The van der Waals surface area contributed by atoms with Gasteiger partial charge in [0.15, 0.2) is 0 Å². The van der Waals surface area contributed by atoms with Crippen LogP contribution in [-0.2, 0) is 10.8 Å². The Morgan fingerprint density at radius 1 is 0.824 bits per heavy atom. The maximum atomic E-state index is 5.16. The third-order valence-corrected chi connectivity index (χ3v) is 9.04. The maximum Gasteiger partial charge on any atom is 0.129 e. The van der Waals surface area contributed by atoms with Gasteiger partial charge >= 0.3 is 0 Å². The Labute approximate surface area is 207 Å². The molecule has 0 radical (unpaired) electrons. The molecule has 1 aromatic heterocycles. The Bertz CT molecular complexity index is 995. The molecule has 0 amide bonds. The Hall–Kier alpha value is -1.91. The molecular weight excluding hydrogens is 416 g/mol. The van der Waals surface area contributed by atoms with Gasteiger partial charge in [0.2, 0.25) is 0 Å². The number of aromatic nitrogens is 1. The van der Waals surface area contributed by atoms with Crippen molar-refractivity contribution in [2.24, 2.45) is 0 Å². The molecule has 2 fully saturated rings. The SMILES string of the molecule is CCN1CCC(N2CCN(c3cccc(-c4ccc5c(c4)C(C)(C)CCC5(C)C)n3)CC2)CC1. The van der Waals surface area contributed by atoms with E-state index < -0.39 is 0 Å². The van der Waals surface area contributed by atoms with Crippen LogP contribution < -0.4 is 4.90 Å². The predicted octanol–water partition coefficient (Wildman–Crippen LogP) is 5.70. The van der Waals surface area contributed by atoms with Crippen LogP contribution in [-0.4, -0.2) is 66.6 Å². The zero-order chi connectivity index (χ0) is 23.9. The van der Waals surface area contributed by atoms with E-state index in [0.29, 0.717) is 0 Å². The highest BCUT2D eigenvalue weighted by Gasteiger charge is 2.37. The molecule has 4 nitrogen and oxygen atoms in total. The van der Waals surface area contributed by atoms with Crippen molar-refractivity contribution in [2.45, 2.75) is 77.2 Å². The van der Waals surface area contributed by atoms with Crippen molar-refractivity contribution < 1.29 is 0 Å². The molecule has 2 saturated heterocycles. The predicted molar refractivity (Wildman–Crippen MR) is 144 cm³/mol. The molecule has 0 atom stereocenters. The summed E-state index contributed by atoms with van der Waals surface area (Å²) in [5.41, 5.74) is 5.87. The molecule has 5 rings (SSSR count). The summed E-state index contributed by atoms with van der Waals surface area (Å²) in [5, 5.41) is 0. The summed E-state index contributed by atoms with van der Waals surface area (Å²) < 4.78 is 0. The van der Waals surface area contributed by atoms with E-state index >= 15 is 0 Å². The van der Waals surface area contributed by atoms with Gasteiger partial charge in [0.25, 0.3) is 0 Å². The second-order valence-electron chi connectivity index (χ2n) is 12.1. The number of hydrogen-bond acceptors (Lipinski definition) is 4. The van der Waals surface area contributed by atoms with Gasteiger partial charge in [-0.05, 0) is 85.5 Å². The van der Waals surface area contributed by atoms with Crippen LogP contribution in [0.1, 0.15) is 71.4 Å². The number of likely N-dealkylation sites (tertiary alicyclic amines) is 1. The highest BCUT2D eigenvalue weighted by atomic mass is 15.3. The summed E-state index contributed by atoms with van der Waals surface area (Å²) in [5.74, 6) is 1.13. The zero-order valence-electron chi connectivity index (χ0n) is 22.1. The maximum absolute atomic E-state index is 5.16. The van der Waals surface area contributed by atoms with E-state index in [9.17, 15) is 0 Å². The van der Waals surface area contributed by atoms with Gasteiger partial charge in [0.1, 0.15) is 5.82 Å². The minimum Gasteiger partial charge on any atom is -0.354 e. The second kappa shape index (κ2) is 9.28. The molecule has 1 aromatic carbocycles. The van der Waals surface area contributed by atoms with Gasteiger partial charge in [0, 0.05) is 37.8 Å². The first-order chi connectivity index (χ1) is 16.3. The summed E-state index contributed by atoms with van der Waals surface area (Å²) in [6.07, 6.45) is 5.15. The van der Waals surface area contributed by atoms with E-state index in [1.54, 1.807) is 0 Å². The van der Waals surface area contributed by atoms with E-state index in [1.807, 2.05) is 0 Å². The van der Waals surface area contributed by atoms with Crippen molar-refractivity contribution in [1.29, 1.82) is 0 Å². The molecule has 184 valence electrons. The standard InChI is InChI=1S/C30H44N4/c1-6-32-16-12-24(13-17-32)33-18-20-34(21-19-33)28-9-7-8-27(31-28)23-10-11-25-26(22-23)30(4,5)15-14-29(25,2)3/h7-11,22,24H,6,12-21H2,1-5H3. The molecule has 0 bridgehead atoms. The second-order valence-corrected chi connectivity index (χ2v) is 12.1. The summed E-state index contributed by atoms with van der Waals surface area (Å²) in [6.45, 7) is 20.1. The summed E-state index contributed by atoms with van der Waals surface area (Å²) in [4.78, 5) is 13.0. The molecule has 3 heterocycles. The Balaban J connectivity index is 1.30. The van der Waals surface area contributed by atoms with Crippen molar-refractivity contribution in [2.75, 3.05) is 50.7 Å². The molecule has 0 unspecified atom stereocenters. The smallest absolute Gasteiger partial charge is 0.129 e. The Morgan fingerprint density at radius 3 is 2.18 bits per heavy atom. The number of hydrogen-bond donors (Lipinski definition) is 0. The number of rotatable bonds is 4. The zero-order valence-corrected chi connectivity index (χ0v) is 22.1. The van der Waals surface area contributed by atoms with Crippen LogP contribution >= 0.6 is 0 Å². The summed E-state index contributed by atoms with van der Waals surface area (Å²) in [6, 6.07) is 14.5. The van der Waals surface area contributed by atoms with E-state index in [1.165, 1.54) is 62.0 Å². The molecule has 4 heteroatoms. The van der Waals surface area contributed by atoms with Crippen LogP contribution in [0.2, 0.25) is 0 Å². The number of piperazine rings is 1. The molecule has 2 aliphatic heterocycles. The number of benzene rings is 1. The number of nitrogens with zero attached hydrogens (tertiary/aromatic N) is 4. The molecule has 0 saturated carbocycles.